The molecular weight excluding hydrogens is 300 g/mol. The molecule has 19 heavy (non-hydrogen) atoms. The van der Waals surface area contributed by atoms with E-state index in [9.17, 15) is 25.6 Å². The number of sulfonamides is 1. The van der Waals surface area contributed by atoms with Gasteiger partial charge in [0.05, 0.1) is 16.4 Å². The predicted molar refractivity (Wildman–Crippen MR) is 63.7 cm³/mol. The van der Waals surface area contributed by atoms with E-state index in [0.717, 1.165) is 0 Å². The molecule has 1 heterocycles. The average molecular weight is 311 g/mol. The Balaban J connectivity index is 2.24. The first-order chi connectivity index (χ1) is 8.68. The second kappa shape index (κ2) is 4.80. The summed E-state index contributed by atoms with van der Waals surface area (Å²) in [6, 6.07) is 1.14. The van der Waals surface area contributed by atoms with Crippen LogP contribution in [0.4, 0.5) is 8.78 Å². The van der Waals surface area contributed by atoms with Crippen molar-refractivity contribution < 1.29 is 25.6 Å². The molecule has 1 aromatic carbocycles. The summed E-state index contributed by atoms with van der Waals surface area (Å²) in [4.78, 5) is -0.561. The van der Waals surface area contributed by atoms with Crippen molar-refractivity contribution in [1.82, 2.24) is 4.72 Å². The van der Waals surface area contributed by atoms with Crippen LogP contribution in [0.2, 0.25) is 0 Å². The van der Waals surface area contributed by atoms with Gasteiger partial charge in [0.15, 0.2) is 9.84 Å². The molecule has 1 fully saturated rings. The lowest BCUT2D eigenvalue weighted by Gasteiger charge is -2.11. The first kappa shape index (κ1) is 14.4. The van der Waals surface area contributed by atoms with Gasteiger partial charge >= 0.3 is 0 Å². The summed E-state index contributed by atoms with van der Waals surface area (Å²) in [6.45, 7) is 0. The Labute approximate surface area is 109 Å². The van der Waals surface area contributed by atoms with Crippen LogP contribution in [0.25, 0.3) is 0 Å². The SMILES string of the molecule is O=S1(=O)CCC(NS(=O)(=O)c2cc(F)cc(F)c2)C1. The van der Waals surface area contributed by atoms with Gasteiger partial charge in [0.25, 0.3) is 0 Å². The number of hydrogen-bond acceptors (Lipinski definition) is 4. The van der Waals surface area contributed by atoms with Crippen LogP contribution in [0, 0.1) is 11.6 Å². The van der Waals surface area contributed by atoms with E-state index in [1.54, 1.807) is 0 Å². The molecule has 1 atom stereocenters. The highest BCUT2D eigenvalue weighted by Crippen LogP contribution is 2.17. The van der Waals surface area contributed by atoms with Gasteiger partial charge in [0, 0.05) is 12.1 Å². The van der Waals surface area contributed by atoms with E-state index >= 15 is 0 Å². The second-order valence-corrected chi connectivity index (χ2v) is 8.27. The van der Waals surface area contributed by atoms with Gasteiger partial charge in [-0.2, -0.15) is 0 Å². The average Bonchev–Trinajstić information content (AvgIpc) is 2.55. The van der Waals surface area contributed by atoms with Gasteiger partial charge < -0.3 is 0 Å². The first-order valence-corrected chi connectivity index (χ1v) is 8.67. The molecular formula is C10H11F2NO4S2. The molecule has 9 heteroatoms. The predicted octanol–water partition coefficient (Wildman–Crippen LogP) is 0.430. The lowest BCUT2D eigenvalue weighted by molar-refractivity contribution is 0.550. The fourth-order valence-corrected chi connectivity index (χ4v) is 4.95. The summed E-state index contributed by atoms with van der Waals surface area (Å²) in [5, 5.41) is 0. The molecule has 1 aromatic rings. The van der Waals surface area contributed by atoms with Gasteiger partial charge in [0.2, 0.25) is 10.0 Å². The van der Waals surface area contributed by atoms with Gasteiger partial charge in [-0.15, -0.1) is 0 Å². The summed E-state index contributed by atoms with van der Waals surface area (Å²) in [5.74, 6) is -2.43. The Bertz CT molecular complexity index is 680. The molecule has 0 aliphatic carbocycles. The largest absolute Gasteiger partial charge is 0.241 e. The monoisotopic (exact) mass is 311 g/mol. The van der Waals surface area contributed by atoms with Crippen LogP contribution < -0.4 is 4.72 Å². The van der Waals surface area contributed by atoms with Crippen LogP contribution in [0.3, 0.4) is 0 Å². The summed E-state index contributed by atoms with van der Waals surface area (Å²) < 4.78 is 74.2. The van der Waals surface area contributed by atoms with Crippen LogP contribution >= 0.6 is 0 Å². The maximum atomic E-state index is 13.0. The molecule has 1 aliphatic heterocycles. The lowest BCUT2D eigenvalue weighted by atomic mass is 10.3. The van der Waals surface area contributed by atoms with Crippen LogP contribution in [0.5, 0.6) is 0 Å². The molecule has 0 spiro atoms. The summed E-state index contributed by atoms with van der Waals surface area (Å²) in [7, 11) is -7.37. The number of sulfone groups is 1. The van der Waals surface area contributed by atoms with E-state index in [0.29, 0.717) is 18.2 Å². The van der Waals surface area contributed by atoms with Crippen molar-refractivity contribution in [3.05, 3.63) is 29.8 Å². The normalized spacial score (nSPS) is 22.5. The number of rotatable bonds is 3. The zero-order chi connectivity index (χ0) is 14.3. The molecule has 0 amide bonds. The molecule has 2 rings (SSSR count). The summed E-state index contributed by atoms with van der Waals surface area (Å²) in [6.07, 6.45) is 0.152. The third-order valence-corrected chi connectivity index (χ3v) is 5.97. The minimum atomic E-state index is -4.13. The Morgan fingerprint density at radius 2 is 1.74 bits per heavy atom. The van der Waals surface area contributed by atoms with Crippen LogP contribution in [-0.2, 0) is 19.9 Å². The van der Waals surface area contributed by atoms with Gasteiger partial charge in [-0.1, -0.05) is 0 Å². The van der Waals surface area contributed by atoms with E-state index < -0.39 is 42.4 Å². The zero-order valence-corrected chi connectivity index (χ0v) is 11.3. The Hall–Kier alpha value is -1.06. The van der Waals surface area contributed by atoms with E-state index in [2.05, 4.69) is 4.72 Å². The maximum Gasteiger partial charge on any atom is 0.241 e. The molecule has 0 radical (unpaired) electrons. The third-order valence-electron chi connectivity index (χ3n) is 2.70. The van der Waals surface area contributed by atoms with Crippen molar-refractivity contribution in [2.75, 3.05) is 11.5 Å². The quantitative estimate of drug-likeness (QED) is 0.878. The maximum absolute atomic E-state index is 13.0. The van der Waals surface area contributed by atoms with Crippen molar-refractivity contribution in [2.45, 2.75) is 17.4 Å². The minimum Gasteiger partial charge on any atom is -0.229 e. The fourth-order valence-electron chi connectivity index (χ4n) is 1.86. The van der Waals surface area contributed by atoms with Crippen molar-refractivity contribution in [3.63, 3.8) is 0 Å². The van der Waals surface area contributed by atoms with Gasteiger partial charge in [-0.3, -0.25) is 0 Å². The van der Waals surface area contributed by atoms with Crippen molar-refractivity contribution in [1.29, 1.82) is 0 Å². The first-order valence-electron chi connectivity index (χ1n) is 5.37. The molecule has 0 bridgehead atoms. The number of halogens is 2. The lowest BCUT2D eigenvalue weighted by Crippen LogP contribution is -2.35. The Morgan fingerprint density at radius 3 is 2.21 bits per heavy atom. The number of hydrogen-bond donors (Lipinski definition) is 1. The van der Waals surface area contributed by atoms with Crippen molar-refractivity contribution >= 4 is 19.9 Å². The molecule has 1 N–H and O–H groups in total. The minimum absolute atomic E-state index is 0.0995. The van der Waals surface area contributed by atoms with Gasteiger partial charge in [0.1, 0.15) is 11.6 Å². The molecule has 1 unspecified atom stereocenters. The van der Waals surface area contributed by atoms with Crippen molar-refractivity contribution in [3.8, 4) is 0 Å². The fraction of sp³-hybridized carbons (Fsp3) is 0.400. The van der Waals surface area contributed by atoms with Crippen LogP contribution in [-0.4, -0.2) is 34.4 Å². The van der Waals surface area contributed by atoms with Crippen molar-refractivity contribution in [2.24, 2.45) is 0 Å². The third kappa shape index (κ3) is 3.48. The highest BCUT2D eigenvalue weighted by molar-refractivity contribution is 7.92. The standard InChI is InChI=1S/C10H11F2NO4S2/c11-7-3-8(12)5-10(4-7)19(16,17)13-9-1-2-18(14,15)6-9/h3-5,9,13H,1-2,6H2. The van der Waals surface area contributed by atoms with Crippen LogP contribution in [0.15, 0.2) is 23.1 Å². The Kier molecular flexibility index (Phi) is 3.63. The zero-order valence-electron chi connectivity index (χ0n) is 9.64. The highest BCUT2D eigenvalue weighted by atomic mass is 32.2. The highest BCUT2D eigenvalue weighted by Gasteiger charge is 2.31. The molecule has 0 saturated carbocycles. The number of benzene rings is 1. The van der Waals surface area contributed by atoms with E-state index in [4.69, 9.17) is 0 Å². The summed E-state index contributed by atoms with van der Waals surface area (Å²) in [5.41, 5.74) is 0. The van der Waals surface area contributed by atoms with Gasteiger partial charge in [-0.05, 0) is 18.6 Å². The molecule has 1 saturated heterocycles. The molecule has 0 aromatic heterocycles. The van der Waals surface area contributed by atoms with E-state index in [-0.39, 0.29) is 17.9 Å². The Morgan fingerprint density at radius 1 is 1.16 bits per heavy atom. The van der Waals surface area contributed by atoms with E-state index in [1.807, 2.05) is 0 Å². The molecule has 106 valence electrons. The van der Waals surface area contributed by atoms with Crippen LogP contribution in [0.1, 0.15) is 6.42 Å². The molecule has 1 aliphatic rings. The summed E-state index contributed by atoms with van der Waals surface area (Å²) >= 11 is 0. The molecule has 5 nitrogen and oxygen atoms in total. The topological polar surface area (TPSA) is 80.3 Å². The van der Waals surface area contributed by atoms with E-state index in [1.165, 1.54) is 0 Å². The second-order valence-electron chi connectivity index (χ2n) is 4.33. The van der Waals surface area contributed by atoms with Gasteiger partial charge in [-0.25, -0.2) is 30.3 Å². The number of nitrogens with one attached hydrogen (secondary N) is 1. The smallest absolute Gasteiger partial charge is 0.229 e.